The largest absolute Gasteiger partial charge is 4.00 e. The van der Waals surface area contributed by atoms with E-state index < -0.39 is 0 Å². The topological polar surface area (TPSA) is 0 Å². The van der Waals surface area contributed by atoms with Gasteiger partial charge in [-0.3, -0.25) is 0 Å². The van der Waals surface area contributed by atoms with Crippen molar-refractivity contribution in [3.63, 3.8) is 0 Å². The molecule has 0 saturated carbocycles. The van der Waals surface area contributed by atoms with E-state index in [2.05, 4.69) is 50.2 Å². The Kier molecular flexibility index (Phi) is 18.7. The molecule has 0 aliphatic carbocycles. The van der Waals surface area contributed by atoms with E-state index in [0.717, 1.165) is 0 Å². The van der Waals surface area contributed by atoms with Crippen molar-refractivity contribution in [1.82, 2.24) is 0 Å². The van der Waals surface area contributed by atoms with Crippen molar-refractivity contribution in [2.45, 2.75) is 39.5 Å². The molecule has 0 heterocycles. The maximum atomic E-state index is 2.44. The van der Waals surface area contributed by atoms with Gasteiger partial charge in [-0.25, -0.2) is 12.1 Å². The Morgan fingerprint density at radius 3 is 1.88 bits per heavy atom. The first-order chi connectivity index (χ1) is 11.3. The first-order valence-corrected chi connectivity index (χ1v) is 10.6. The predicted octanol–water partition coefficient (Wildman–Crippen LogP) is 0.677. The second-order valence-corrected chi connectivity index (χ2v) is 8.49. The van der Waals surface area contributed by atoms with Gasteiger partial charge in [0.25, 0.3) is 0 Å². The van der Waals surface area contributed by atoms with Gasteiger partial charge in [0.15, 0.2) is 0 Å². The van der Waals surface area contributed by atoms with E-state index in [-0.39, 0.29) is 58.9 Å². The molecule has 0 fully saturated rings. The van der Waals surface area contributed by atoms with E-state index in [4.69, 9.17) is 0 Å². The smallest absolute Gasteiger partial charge is 1.00 e. The molecule has 0 aliphatic heterocycles. The Hall–Kier alpha value is 0.0731. The molecule has 0 aromatic heterocycles. The molecule has 26 heavy (non-hydrogen) atoms. The summed E-state index contributed by atoms with van der Waals surface area (Å²) in [7, 11) is 0.0856. The first kappa shape index (κ1) is 28.3. The average molecular weight is 487 g/mol. The average Bonchev–Trinajstić information content (AvgIpc) is 3.27. The van der Waals surface area contributed by atoms with Crippen LogP contribution in [-0.4, -0.2) is 12.3 Å². The molecule has 0 spiro atoms. The Bertz CT molecular complexity index is 591. The third-order valence-electron chi connectivity index (χ3n) is 4.09. The predicted molar refractivity (Wildman–Crippen MR) is 108 cm³/mol. The normalized spacial score (nSPS) is 9.50. The van der Waals surface area contributed by atoms with Gasteiger partial charge in [-0.05, 0) is 25.2 Å². The summed E-state index contributed by atoms with van der Waals surface area (Å²) in [5.41, 5.74) is 0. The summed E-state index contributed by atoms with van der Waals surface area (Å²) >= 11 is 0. The van der Waals surface area contributed by atoms with Gasteiger partial charge in [-0.1, -0.05) is 40.7 Å². The van der Waals surface area contributed by atoms with E-state index in [0.29, 0.717) is 0 Å². The Labute approximate surface area is 192 Å². The van der Waals surface area contributed by atoms with Crippen LogP contribution in [0.15, 0.2) is 66.7 Å². The van der Waals surface area contributed by atoms with Crippen molar-refractivity contribution < 1.29 is 51.0 Å². The van der Waals surface area contributed by atoms with E-state index in [1.54, 1.807) is 5.30 Å². The van der Waals surface area contributed by atoms with Crippen LogP contribution in [0.5, 0.6) is 0 Å². The fourth-order valence-corrected chi connectivity index (χ4v) is 5.48. The van der Waals surface area contributed by atoms with Gasteiger partial charge in [0, 0.05) is 0 Å². The fourth-order valence-electron chi connectivity index (χ4n) is 2.71. The quantitative estimate of drug-likeness (QED) is 0.341. The Balaban J connectivity index is 0. The molecule has 0 atom stereocenters. The number of halogens is 2. The fraction of sp³-hybridized carbons (Fsp3) is 0.364. The van der Waals surface area contributed by atoms with E-state index in [1.807, 2.05) is 30.3 Å². The molecular weight excluding hydrogens is 457 g/mol. The minimum atomic E-state index is 0. The number of hydrogen-bond acceptors (Lipinski definition) is 0. The number of unbranched alkanes of at least 4 members (excludes halogenated alkanes) is 2. The molecule has 0 amide bonds. The molecule has 3 aromatic carbocycles. The summed E-state index contributed by atoms with van der Waals surface area (Å²) in [5.74, 6) is 0. The summed E-state index contributed by atoms with van der Waals surface area (Å²) in [6.45, 7) is 4.60. The SMILES string of the molecule is CCCCP(CCCC)c1cc2ccccc2[cH-]1.[Cl-].[Cl-].[Zr+4].c1cc[cH-]c1. The zero-order valence-corrected chi connectivity index (χ0v) is 20.7. The standard InChI is InChI=1S/C17H24P.C5H5.2ClH.Zr/c1-3-5-11-18(12-6-4-2)17-13-15-9-7-8-10-16(15)14-17;1-2-4-5-3-1;;;/h7-10,13-14H,3-6,11-12H2,1-2H3;1-5H;2*1H;/q2*-1;;;+4/p-2. The van der Waals surface area contributed by atoms with Gasteiger partial charge in [-0.2, -0.15) is 24.3 Å². The number of hydrogen-bond donors (Lipinski definition) is 0. The van der Waals surface area contributed by atoms with Crippen LogP contribution in [0.25, 0.3) is 10.8 Å². The monoisotopic (exact) mass is 484 g/mol. The summed E-state index contributed by atoms with van der Waals surface area (Å²) in [4.78, 5) is 0. The molecule has 0 N–H and O–H groups in total. The summed E-state index contributed by atoms with van der Waals surface area (Å²) in [6.07, 6.45) is 8.26. The molecule has 0 aliphatic rings. The third kappa shape index (κ3) is 9.85. The van der Waals surface area contributed by atoms with Crippen molar-refractivity contribution in [1.29, 1.82) is 0 Å². The second-order valence-electron chi connectivity index (χ2n) is 6.00. The van der Waals surface area contributed by atoms with Gasteiger partial charge in [0.05, 0.1) is 0 Å². The Morgan fingerprint density at radius 1 is 0.846 bits per heavy atom. The van der Waals surface area contributed by atoms with Crippen LogP contribution >= 0.6 is 7.92 Å². The maximum Gasteiger partial charge on any atom is 4.00 e. The molecule has 0 unspecified atom stereocenters. The van der Waals surface area contributed by atoms with Crippen LogP contribution < -0.4 is 30.1 Å². The van der Waals surface area contributed by atoms with Gasteiger partial charge >= 0.3 is 26.2 Å². The van der Waals surface area contributed by atoms with E-state index in [9.17, 15) is 0 Å². The van der Waals surface area contributed by atoms with Crippen LogP contribution in [0.3, 0.4) is 0 Å². The number of fused-ring (bicyclic) bond motifs is 1. The number of rotatable bonds is 7. The number of benzene rings is 1. The van der Waals surface area contributed by atoms with E-state index >= 15 is 0 Å². The molecule has 0 radical (unpaired) electrons. The zero-order valence-electron chi connectivity index (χ0n) is 15.8. The van der Waals surface area contributed by atoms with Gasteiger partial charge in [0.1, 0.15) is 0 Å². The Morgan fingerprint density at radius 2 is 1.42 bits per heavy atom. The van der Waals surface area contributed by atoms with Gasteiger partial charge in [0.2, 0.25) is 0 Å². The van der Waals surface area contributed by atoms with Crippen molar-refractivity contribution in [2.24, 2.45) is 0 Å². The minimum Gasteiger partial charge on any atom is -1.00 e. The molecule has 0 bridgehead atoms. The van der Waals surface area contributed by atoms with Crippen molar-refractivity contribution in [3.05, 3.63) is 66.7 Å². The van der Waals surface area contributed by atoms with Crippen LogP contribution in [0.2, 0.25) is 0 Å². The van der Waals surface area contributed by atoms with Crippen LogP contribution in [0.4, 0.5) is 0 Å². The second kappa shape index (κ2) is 17.2. The maximum absolute atomic E-state index is 2.44. The molecule has 3 aromatic rings. The molecule has 0 saturated heterocycles. The third-order valence-corrected chi connectivity index (χ3v) is 6.79. The molecule has 0 nitrogen and oxygen atoms in total. The van der Waals surface area contributed by atoms with E-state index in [1.165, 1.54) is 48.8 Å². The summed E-state index contributed by atoms with van der Waals surface area (Å²) < 4.78 is 0. The minimum absolute atomic E-state index is 0. The van der Waals surface area contributed by atoms with Crippen molar-refractivity contribution >= 4 is 24.0 Å². The molecular formula is C22H29Cl2PZr. The van der Waals surface area contributed by atoms with Gasteiger partial charge in [-0.15, -0.1) is 40.3 Å². The molecule has 140 valence electrons. The summed E-state index contributed by atoms with van der Waals surface area (Å²) in [6, 6.07) is 23.6. The summed E-state index contributed by atoms with van der Waals surface area (Å²) in [5, 5.41) is 4.48. The van der Waals surface area contributed by atoms with Crippen molar-refractivity contribution in [2.75, 3.05) is 12.3 Å². The van der Waals surface area contributed by atoms with Crippen LogP contribution in [0.1, 0.15) is 39.5 Å². The van der Waals surface area contributed by atoms with Gasteiger partial charge < -0.3 is 24.8 Å². The molecule has 4 heteroatoms. The van der Waals surface area contributed by atoms with Crippen LogP contribution in [0, 0.1) is 0 Å². The first-order valence-electron chi connectivity index (χ1n) is 8.92. The molecule has 3 rings (SSSR count). The van der Waals surface area contributed by atoms with Crippen LogP contribution in [-0.2, 0) is 26.2 Å². The zero-order chi connectivity index (χ0) is 16.3. The van der Waals surface area contributed by atoms with Crippen molar-refractivity contribution in [3.8, 4) is 0 Å².